The number of carbonyl (C=O) groups is 2. The van der Waals surface area contributed by atoms with Gasteiger partial charge in [0, 0.05) is 34.6 Å². The van der Waals surface area contributed by atoms with Crippen LogP contribution in [-0.2, 0) is 0 Å². The van der Waals surface area contributed by atoms with E-state index in [1.165, 1.54) is 11.6 Å². The molecule has 3 aromatic carbocycles. The predicted molar refractivity (Wildman–Crippen MR) is 150 cm³/mol. The van der Waals surface area contributed by atoms with Crippen LogP contribution in [0.1, 0.15) is 27.2 Å². The Morgan fingerprint density at radius 2 is 1.64 bits per heavy atom. The third kappa shape index (κ3) is 4.78. The van der Waals surface area contributed by atoms with E-state index in [9.17, 15) is 9.59 Å². The summed E-state index contributed by atoms with van der Waals surface area (Å²) in [5.74, 6) is -0.716. The quantitative estimate of drug-likeness (QED) is 0.213. The Morgan fingerprint density at radius 1 is 0.923 bits per heavy atom. The minimum atomic E-state index is -0.508. The van der Waals surface area contributed by atoms with Gasteiger partial charge in [-0.25, -0.2) is 14.8 Å². The lowest BCUT2D eigenvalue weighted by molar-refractivity contribution is 0.0946. The van der Waals surface area contributed by atoms with Gasteiger partial charge >= 0.3 is 0 Å². The number of H-pyrrole nitrogens is 1. The lowest BCUT2D eigenvalue weighted by atomic mass is 10.1. The molecule has 0 aliphatic heterocycles. The summed E-state index contributed by atoms with van der Waals surface area (Å²) in [4.78, 5) is 28.9. The number of benzene rings is 3. The van der Waals surface area contributed by atoms with Crippen molar-refractivity contribution in [2.24, 2.45) is 5.10 Å². The molecule has 0 saturated carbocycles. The van der Waals surface area contributed by atoms with Crippen molar-refractivity contribution in [3.05, 3.63) is 112 Å². The third-order valence-corrected chi connectivity index (χ3v) is 7.25. The summed E-state index contributed by atoms with van der Waals surface area (Å²) in [5, 5.41) is 15.1. The SMILES string of the molecule is CC(=O)c1nn(-c2ccc(Cl)cc2)/c(=N/NC(=O)c2cc(-c3c[nH]c4ccccc34)n(-c3ccccc3)n2)s1. The first-order valence-corrected chi connectivity index (χ1v) is 13.1. The molecule has 0 fully saturated rings. The maximum Gasteiger partial charge on any atom is 0.291 e. The van der Waals surface area contributed by atoms with E-state index in [4.69, 9.17) is 11.6 Å². The highest BCUT2D eigenvalue weighted by atomic mass is 35.5. The summed E-state index contributed by atoms with van der Waals surface area (Å²) in [6.45, 7) is 1.43. The van der Waals surface area contributed by atoms with Crippen LogP contribution in [0, 0.1) is 0 Å². The number of rotatable bonds is 6. The van der Waals surface area contributed by atoms with E-state index in [1.807, 2.05) is 60.8 Å². The predicted octanol–water partition coefficient (Wildman–Crippen LogP) is 5.37. The number of nitrogens with one attached hydrogen (secondary N) is 2. The molecule has 1 amide bonds. The van der Waals surface area contributed by atoms with Gasteiger partial charge in [0.15, 0.2) is 16.5 Å². The van der Waals surface area contributed by atoms with Crippen LogP contribution in [0.3, 0.4) is 0 Å². The van der Waals surface area contributed by atoms with Crippen LogP contribution in [-0.4, -0.2) is 36.2 Å². The van der Waals surface area contributed by atoms with Gasteiger partial charge in [0.25, 0.3) is 5.91 Å². The average molecular weight is 554 g/mol. The van der Waals surface area contributed by atoms with E-state index in [2.05, 4.69) is 25.7 Å². The van der Waals surface area contributed by atoms with Crippen molar-refractivity contribution in [1.29, 1.82) is 0 Å². The average Bonchev–Trinajstić information content (AvgIpc) is 3.69. The Balaban J connectivity index is 1.40. The molecule has 0 spiro atoms. The summed E-state index contributed by atoms with van der Waals surface area (Å²) in [7, 11) is 0. The highest BCUT2D eigenvalue weighted by Crippen LogP contribution is 2.31. The second-order valence-corrected chi connectivity index (χ2v) is 9.99. The molecule has 9 nitrogen and oxygen atoms in total. The molecule has 6 aromatic rings. The molecule has 0 atom stereocenters. The number of halogens is 1. The molecule has 0 radical (unpaired) electrons. The highest BCUT2D eigenvalue weighted by Gasteiger charge is 2.19. The number of para-hydroxylation sites is 2. The maximum absolute atomic E-state index is 13.3. The Bertz CT molecular complexity index is 1900. The molecule has 39 heavy (non-hydrogen) atoms. The number of hydrogen-bond donors (Lipinski definition) is 2. The standard InChI is InChI=1S/C28H20ClN7O2S/c1-17(37)27-34-36(20-13-11-18(29)12-14-20)28(39-27)32-31-26(38)24-15-25(35(33-24)19-7-3-2-4-8-19)22-16-30-23-10-6-5-9-21(22)23/h2-16,30H,1H3,(H,31,38)/b32-28-. The van der Waals surface area contributed by atoms with Crippen LogP contribution in [0.4, 0.5) is 0 Å². The van der Waals surface area contributed by atoms with E-state index in [0.29, 0.717) is 15.5 Å². The van der Waals surface area contributed by atoms with Crippen LogP contribution in [0.15, 0.2) is 96.2 Å². The first-order chi connectivity index (χ1) is 19.0. The van der Waals surface area contributed by atoms with E-state index >= 15 is 0 Å². The number of nitrogens with zero attached hydrogens (tertiary/aromatic N) is 5. The zero-order chi connectivity index (χ0) is 26.9. The number of carbonyl (C=O) groups excluding carboxylic acids is 2. The van der Waals surface area contributed by atoms with Crippen molar-refractivity contribution in [2.75, 3.05) is 0 Å². The van der Waals surface area contributed by atoms with Gasteiger partial charge in [-0.1, -0.05) is 59.3 Å². The second-order valence-electron chi connectivity index (χ2n) is 8.60. The fraction of sp³-hybridized carbons (Fsp3) is 0.0357. The molecule has 0 bridgehead atoms. The lowest BCUT2D eigenvalue weighted by Crippen LogP contribution is -2.24. The lowest BCUT2D eigenvalue weighted by Gasteiger charge is -2.06. The van der Waals surface area contributed by atoms with Crippen LogP contribution in [0.5, 0.6) is 0 Å². The Morgan fingerprint density at radius 3 is 2.41 bits per heavy atom. The third-order valence-electron chi connectivity index (χ3n) is 5.99. The van der Waals surface area contributed by atoms with Gasteiger partial charge in [-0.3, -0.25) is 9.59 Å². The van der Waals surface area contributed by atoms with Gasteiger partial charge in [-0.2, -0.15) is 10.2 Å². The van der Waals surface area contributed by atoms with E-state index in [1.54, 1.807) is 35.0 Å². The maximum atomic E-state index is 13.3. The van der Waals surface area contributed by atoms with Crippen LogP contribution >= 0.6 is 22.9 Å². The van der Waals surface area contributed by atoms with Gasteiger partial charge in [-0.15, -0.1) is 5.10 Å². The fourth-order valence-electron chi connectivity index (χ4n) is 4.14. The molecule has 192 valence electrons. The summed E-state index contributed by atoms with van der Waals surface area (Å²) >= 11 is 7.09. The van der Waals surface area contributed by atoms with Gasteiger partial charge in [-0.05, 0) is 48.5 Å². The normalized spacial score (nSPS) is 11.7. The number of amides is 1. The molecule has 6 rings (SSSR count). The molecular weight excluding hydrogens is 534 g/mol. The van der Waals surface area contributed by atoms with Crippen molar-refractivity contribution >= 4 is 45.5 Å². The summed E-state index contributed by atoms with van der Waals surface area (Å²) < 4.78 is 3.22. The minimum Gasteiger partial charge on any atom is -0.360 e. The summed E-state index contributed by atoms with van der Waals surface area (Å²) in [5.41, 5.74) is 6.84. The second kappa shape index (κ2) is 10.2. The first kappa shape index (κ1) is 24.5. The Labute approximate surface area is 231 Å². The number of aromatic nitrogens is 5. The van der Waals surface area contributed by atoms with Crippen molar-refractivity contribution in [2.45, 2.75) is 6.92 Å². The van der Waals surface area contributed by atoms with Crippen LogP contribution in [0.25, 0.3) is 33.5 Å². The molecule has 0 aliphatic rings. The van der Waals surface area contributed by atoms with Gasteiger partial charge in [0.2, 0.25) is 4.80 Å². The Hall–Kier alpha value is -4.80. The summed E-state index contributed by atoms with van der Waals surface area (Å²) in [6.07, 6.45) is 1.91. The molecule has 11 heteroatoms. The highest BCUT2D eigenvalue weighted by molar-refractivity contribution is 7.11. The van der Waals surface area contributed by atoms with Crippen molar-refractivity contribution < 1.29 is 9.59 Å². The molecule has 3 aromatic heterocycles. The number of Topliss-reactive ketones (excluding diaryl/α,β-unsaturated/α-hetero) is 1. The zero-order valence-corrected chi connectivity index (χ0v) is 22.1. The fourth-order valence-corrected chi connectivity index (χ4v) is 5.02. The smallest absolute Gasteiger partial charge is 0.291 e. The molecule has 2 N–H and O–H groups in total. The molecule has 3 heterocycles. The monoisotopic (exact) mass is 553 g/mol. The van der Waals surface area contributed by atoms with Crippen molar-refractivity contribution in [1.82, 2.24) is 30.0 Å². The Kier molecular flexibility index (Phi) is 6.39. The van der Waals surface area contributed by atoms with E-state index in [-0.39, 0.29) is 16.5 Å². The van der Waals surface area contributed by atoms with E-state index < -0.39 is 5.91 Å². The van der Waals surface area contributed by atoms with E-state index in [0.717, 1.165) is 39.2 Å². The molecular formula is C28H20ClN7O2S. The topological polar surface area (TPSA) is 110 Å². The van der Waals surface area contributed by atoms with Crippen molar-refractivity contribution in [3.8, 4) is 22.6 Å². The number of aromatic amines is 1. The molecule has 0 unspecified atom stereocenters. The van der Waals surface area contributed by atoms with Gasteiger partial charge in [0.1, 0.15) is 0 Å². The van der Waals surface area contributed by atoms with Crippen molar-refractivity contribution in [3.63, 3.8) is 0 Å². The largest absolute Gasteiger partial charge is 0.360 e. The molecule has 0 saturated heterocycles. The van der Waals surface area contributed by atoms with Crippen LogP contribution in [0.2, 0.25) is 5.02 Å². The molecule has 0 aliphatic carbocycles. The minimum absolute atomic E-state index is 0.178. The summed E-state index contributed by atoms with van der Waals surface area (Å²) in [6, 6.07) is 26.2. The van der Waals surface area contributed by atoms with Gasteiger partial charge < -0.3 is 4.98 Å². The first-order valence-electron chi connectivity index (χ1n) is 11.9. The zero-order valence-electron chi connectivity index (χ0n) is 20.5. The number of ketones is 1. The van der Waals surface area contributed by atoms with Crippen LogP contribution < -0.4 is 10.2 Å². The van der Waals surface area contributed by atoms with Gasteiger partial charge in [0.05, 0.1) is 17.1 Å². The number of fused-ring (bicyclic) bond motifs is 1. The number of hydrogen-bond acceptors (Lipinski definition) is 6.